The number of aromatic nitrogens is 2. The molecule has 6 nitrogen and oxygen atoms in total. The molecule has 1 saturated heterocycles. The Bertz CT molecular complexity index is 941. The first-order valence-electron chi connectivity index (χ1n) is 8.95. The SMILES string of the molecule is C[C@@H]1CN(C(=O)c2nn(-c3cccc(F)c3F)c3c2CCC3)C[C@H]1C(=O)O. The Kier molecular flexibility index (Phi) is 4.20. The van der Waals surface area contributed by atoms with Crippen molar-refractivity contribution in [3.05, 3.63) is 46.8 Å². The van der Waals surface area contributed by atoms with Gasteiger partial charge in [0.1, 0.15) is 5.69 Å². The molecule has 0 radical (unpaired) electrons. The van der Waals surface area contributed by atoms with Gasteiger partial charge < -0.3 is 10.0 Å². The first-order chi connectivity index (χ1) is 12.9. The van der Waals surface area contributed by atoms with E-state index in [1.807, 2.05) is 0 Å². The molecule has 0 saturated carbocycles. The van der Waals surface area contributed by atoms with Crippen LogP contribution in [0.15, 0.2) is 18.2 Å². The van der Waals surface area contributed by atoms with Gasteiger partial charge in [-0.1, -0.05) is 13.0 Å². The molecule has 1 aliphatic heterocycles. The van der Waals surface area contributed by atoms with Crippen molar-refractivity contribution in [1.82, 2.24) is 14.7 Å². The monoisotopic (exact) mass is 375 g/mol. The molecule has 1 N–H and O–H groups in total. The highest BCUT2D eigenvalue weighted by Crippen LogP contribution is 2.31. The molecule has 27 heavy (non-hydrogen) atoms. The van der Waals surface area contributed by atoms with E-state index in [2.05, 4.69) is 5.10 Å². The molecule has 8 heteroatoms. The molecule has 1 amide bonds. The zero-order valence-electron chi connectivity index (χ0n) is 14.8. The molecule has 142 valence electrons. The third-order valence-electron chi connectivity index (χ3n) is 5.51. The van der Waals surface area contributed by atoms with Gasteiger partial charge in [-0.3, -0.25) is 9.59 Å². The molecular formula is C19H19F2N3O3. The van der Waals surface area contributed by atoms with Crippen molar-refractivity contribution in [1.29, 1.82) is 0 Å². The lowest BCUT2D eigenvalue weighted by Gasteiger charge is -2.15. The molecule has 0 unspecified atom stereocenters. The van der Waals surface area contributed by atoms with E-state index < -0.39 is 23.5 Å². The van der Waals surface area contributed by atoms with E-state index >= 15 is 0 Å². The number of carboxylic acid groups (broad SMARTS) is 1. The molecule has 2 aromatic rings. The van der Waals surface area contributed by atoms with Gasteiger partial charge >= 0.3 is 5.97 Å². The van der Waals surface area contributed by atoms with Gasteiger partial charge in [0.05, 0.1) is 5.92 Å². The number of carbonyl (C=O) groups is 2. The van der Waals surface area contributed by atoms with E-state index in [1.54, 1.807) is 6.92 Å². The molecule has 2 atom stereocenters. The number of hydrogen-bond acceptors (Lipinski definition) is 3. The van der Waals surface area contributed by atoms with Crippen molar-refractivity contribution in [2.24, 2.45) is 11.8 Å². The van der Waals surface area contributed by atoms with Gasteiger partial charge in [0.15, 0.2) is 17.3 Å². The van der Waals surface area contributed by atoms with Crippen molar-refractivity contribution in [3.8, 4) is 5.69 Å². The smallest absolute Gasteiger partial charge is 0.308 e. The molecule has 4 rings (SSSR count). The normalized spacial score (nSPS) is 21.5. The van der Waals surface area contributed by atoms with Crippen LogP contribution in [0.5, 0.6) is 0 Å². The van der Waals surface area contributed by atoms with Crippen molar-refractivity contribution in [3.63, 3.8) is 0 Å². The molecule has 2 heterocycles. The summed E-state index contributed by atoms with van der Waals surface area (Å²) in [5.41, 5.74) is 1.65. The number of rotatable bonds is 3. The standard InChI is InChI=1S/C19H19F2N3O3/c1-10-8-23(9-12(10)19(26)27)18(25)17-11-4-2-6-14(11)24(22-17)15-7-3-5-13(20)16(15)21/h3,5,7,10,12H,2,4,6,8-9H2,1H3,(H,26,27)/t10-,12-/m1/s1. The van der Waals surface area contributed by atoms with Crippen LogP contribution in [0, 0.1) is 23.5 Å². The molecule has 1 aliphatic carbocycles. The number of carboxylic acids is 1. The summed E-state index contributed by atoms with van der Waals surface area (Å²) in [6, 6.07) is 3.86. The Morgan fingerprint density at radius 1 is 1.22 bits per heavy atom. The fourth-order valence-electron chi connectivity index (χ4n) is 4.07. The van der Waals surface area contributed by atoms with Gasteiger partial charge in [-0.25, -0.2) is 13.5 Å². The number of hydrogen-bond donors (Lipinski definition) is 1. The molecule has 1 aromatic heterocycles. The number of likely N-dealkylation sites (tertiary alicyclic amines) is 1. The van der Waals surface area contributed by atoms with E-state index in [1.165, 1.54) is 21.7 Å². The van der Waals surface area contributed by atoms with Crippen LogP contribution in [0.25, 0.3) is 5.69 Å². The van der Waals surface area contributed by atoms with Crippen molar-refractivity contribution >= 4 is 11.9 Å². The Balaban J connectivity index is 1.72. The summed E-state index contributed by atoms with van der Waals surface area (Å²) in [6.45, 7) is 2.27. The highest BCUT2D eigenvalue weighted by atomic mass is 19.2. The van der Waals surface area contributed by atoms with E-state index in [0.717, 1.165) is 18.1 Å². The van der Waals surface area contributed by atoms with Crippen LogP contribution >= 0.6 is 0 Å². The first-order valence-corrected chi connectivity index (χ1v) is 8.95. The molecule has 0 bridgehead atoms. The average Bonchev–Trinajstić information content (AvgIpc) is 3.31. The Labute approximate surface area is 154 Å². The summed E-state index contributed by atoms with van der Waals surface area (Å²) in [5.74, 6) is -4.00. The van der Waals surface area contributed by atoms with Gasteiger partial charge in [-0.05, 0) is 37.3 Å². The minimum atomic E-state index is -1.01. The van der Waals surface area contributed by atoms with E-state index in [0.29, 0.717) is 25.1 Å². The molecule has 0 spiro atoms. The highest BCUT2D eigenvalue weighted by Gasteiger charge is 2.39. The number of nitrogens with zero attached hydrogens (tertiary/aromatic N) is 3. The summed E-state index contributed by atoms with van der Waals surface area (Å²) in [7, 11) is 0. The highest BCUT2D eigenvalue weighted by molar-refractivity contribution is 5.95. The van der Waals surface area contributed by atoms with Crippen LogP contribution < -0.4 is 0 Å². The van der Waals surface area contributed by atoms with E-state index in [-0.39, 0.29) is 29.8 Å². The predicted molar refractivity (Wildman–Crippen MR) is 91.7 cm³/mol. The summed E-state index contributed by atoms with van der Waals surface area (Å²) >= 11 is 0. The Morgan fingerprint density at radius 2 is 2.00 bits per heavy atom. The van der Waals surface area contributed by atoms with Crippen molar-refractivity contribution in [2.75, 3.05) is 13.1 Å². The summed E-state index contributed by atoms with van der Waals surface area (Å²) < 4.78 is 29.2. The van der Waals surface area contributed by atoms with Crippen LogP contribution in [0.1, 0.15) is 35.1 Å². The maximum Gasteiger partial charge on any atom is 0.308 e. The zero-order valence-corrected chi connectivity index (χ0v) is 14.8. The number of amides is 1. The summed E-state index contributed by atoms with van der Waals surface area (Å²) in [5, 5.41) is 13.6. The quantitative estimate of drug-likeness (QED) is 0.894. The second-order valence-electron chi connectivity index (χ2n) is 7.24. The fraction of sp³-hybridized carbons (Fsp3) is 0.421. The molecule has 2 aliphatic rings. The summed E-state index contributed by atoms with van der Waals surface area (Å²) in [6.07, 6.45) is 2.07. The van der Waals surface area contributed by atoms with Crippen molar-refractivity contribution in [2.45, 2.75) is 26.2 Å². The van der Waals surface area contributed by atoms with Gasteiger partial charge in [0.2, 0.25) is 0 Å². The molecular weight excluding hydrogens is 356 g/mol. The van der Waals surface area contributed by atoms with Gasteiger partial charge in [-0.15, -0.1) is 0 Å². The van der Waals surface area contributed by atoms with Crippen molar-refractivity contribution < 1.29 is 23.5 Å². The van der Waals surface area contributed by atoms with Crippen LogP contribution in [-0.4, -0.2) is 44.8 Å². The maximum atomic E-state index is 14.3. The third-order valence-corrected chi connectivity index (χ3v) is 5.51. The van der Waals surface area contributed by atoms with Gasteiger partial charge in [0.25, 0.3) is 5.91 Å². The maximum absolute atomic E-state index is 14.3. The van der Waals surface area contributed by atoms with Crippen LogP contribution in [-0.2, 0) is 17.6 Å². The van der Waals surface area contributed by atoms with E-state index in [4.69, 9.17) is 0 Å². The summed E-state index contributed by atoms with van der Waals surface area (Å²) in [4.78, 5) is 25.8. The lowest BCUT2D eigenvalue weighted by Crippen LogP contribution is -2.31. The third kappa shape index (κ3) is 2.79. The largest absolute Gasteiger partial charge is 0.481 e. The number of aliphatic carboxylic acids is 1. The zero-order chi connectivity index (χ0) is 19.3. The fourth-order valence-corrected chi connectivity index (χ4v) is 4.07. The number of fused-ring (bicyclic) bond motifs is 1. The topological polar surface area (TPSA) is 75.4 Å². The Hall–Kier alpha value is -2.77. The second-order valence-corrected chi connectivity index (χ2v) is 7.24. The van der Waals surface area contributed by atoms with E-state index in [9.17, 15) is 23.5 Å². The minimum absolute atomic E-state index is 0.0228. The van der Waals surface area contributed by atoms with Gasteiger partial charge in [0, 0.05) is 24.3 Å². The van der Waals surface area contributed by atoms with Crippen LogP contribution in [0.4, 0.5) is 8.78 Å². The predicted octanol–water partition coefficient (Wildman–Crippen LogP) is 2.43. The number of benzene rings is 1. The molecule has 1 fully saturated rings. The van der Waals surface area contributed by atoms with Crippen LogP contribution in [0.3, 0.4) is 0 Å². The van der Waals surface area contributed by atoms with Crippen LogP contribution in [0.2, 0.25) is 0 Å². The Morgan fingerprint density at radius 3 is 2.70 bits per heavy atom. The number of carbonyl (C=O) groups excluding carboxylic acids is 1. The lowest BCUT2D eigenvalue weighted by atomic mass is 9.99. The van der Waals surface area contributed by atoms with Gasteiger partial charge in [-0.2, -0.15) is 5.10 Å². The number of halogens is 2. The first kappa shape index (κ1) is 17.6. The molecule has 1 aromatic carbocycles. The second kappa shape index (κ2) is 6.44. The minimum Gasteiger partial charge on any atom is -0.481 e. The average molecular weight is 375 g/mol. The lowest BCUT2D eigenvalue weighted by molar-refractivity contribution is -0.142.